The fraction of sp³-hybridized carbons (Fsp3) is 0.636. The molecule has 0 radical (unpaired) electrons. The highest BCUT2D eigenvalue weighted by Gasteiger charge is 2.33. The van der Waals surface area contributed by atoms with Crippen molar-refractivity contribution < 1.29 is 14.6 Å². The number of carboxylic acids is 1. The van der Waals surface area contributed by atoms with Crippen molar-refractivity contribution in [2.45, 2.75) is 25.2 Å². The number of carboxylic acid groups (broad SMARTS) is 1. The van der Waals surface area contributed by atoms with E-state index >= 15 is 0 Å². The Morgan fingerprint density at radius 1 is 1.69 bits per heavy atom. The van der Waals surface area contributed by atoms with Crippen LogP contribution in [-0.4, -0.2) is 34.1 Å². The highest BCUT2D eigenvalue weighted by atomic mass is 16.5. The Hall–Kier alpha value is -1.36. The molecule has 1 N–H and O–H groups in total. The lowest BCUT2D eigenvalue weighted by Gasteiger charge is -2.33. The lowest BCUT2D eigenvalue weighted by Crippen LogP contribution is -2.34. The molecule has 5 nitrogen and oxygen atoms in total. The Morgan fingerprint density at radius 3 is 2.94 bits per heavy atom. The largest absolute Gasteiger partial charge is 0.476 e. The molecule has 0 saturated carbocycles. The number of rotatable bonds is 2. The molecule has 0 bridgehead atoms. The Balaban J connectivity index is 2.35. The van der Waals surface area contributed by atoms with Crippen LogP contribution in [0.15, 0.2) is 6.07 Å². The van der Waals surface area contributed by atoms with Crippen molar-refractivity contribution in [2.24, 2.45) is 7.05 Å². The monoisotopic (exact) mass is 224 g/mol. The van der Waals surface area contributed by atoms with Crippen molar-refractivity contribution >= 4 is 5.97 Å². The Bertz CT molecular complexity index is 405. The van der Waals surface area contributed by atoms with Gasteiger partial charge < -0.3 is 9.84 Å². The molecule has 1 atom stereocenters. The summed E-state index contributed by atoms with van der Waals surface area (Å²) in [5, 5.41) is 12.9. The molecule has 16 heavy (non-hydrogen) atoms. The molecule has 88 valence electrons. The molecular formula is C11H16N2O3. The van der Waals surface area contributed by atoms with Gasteiger partial charge in [0.2, 0.25) is 0 Å². The van der Waals surface area contributed by atoms with Crippen LogP contribution < -0.4 is 0 Å². The summed E-state index contributed by atoms with van der Waals surface area (Å²) in [4.78, 5) is 10.8. The van der Waals surface area contributed by atoms with Crippen molar-refractivity contribution in [2.75, 3.05) is 13.2 Å². The second kappa shape index (κ2) is 3.90. The maximum Gasteiger partial charge on any atom is 0.356 e. The van der Waals surface area contributed by atoms with E-state index in [-0.39, 0.29) is 11.1 Å². The zero-order valence-electron chi connectivity index (χ0n) is 9.56. The molecule has 2 rings (SSSR count). The van der Waals surface area contributed by atoms with Crippen molar-refractivity contribution in [1.29, 1.82) is 0 Å². The number of hydrogen-bond donors (Lipinski definition) is 1. The van der Waals surface area contributed by atoms with E-state index in [0.29, 0.717) is 6.61 Å². The molecule has 5 heteroatoms. The average Bonchev–Trinajstić information content (AvgIpc) is 2.62. The third-order valence-electron chi connectivity index (χ3n) is 3.16. The number of aromatic nitrogens is 2. The zero-order valence-corrected chi connectivity index (χ0v) is 9.56. The molecule has 0 spiro atoms. The first-order chi connectivity index (χ1) is 7.53. The normalized spacial score (nSPS) is 25.6. The minimum Gasteiger partial charge on any atom is -0.476 e. The molecule has 1 aliphatic heterocycles. The number of hydrogen-bond acceptors (Lipinski definition) is 3. The Kier molecular flexibility index (Phi) is 2.71. The SMILES string of the molecule is Cn1nc(C(=O)O)cc1C1(C)CCCOC1. The van der Waals surface area contributed by atoms with E-state index in [2.05, 4.69) is 12.0 Å². The summed E-state index contributed by atoms with van der Waals surface area (Å²) in [5.41, 5.74) is 0.919. The van der Waals surface area contributed by atoms with E-state index in [9.17, 15) is 4.79 Å². The van der Waals surface area contributed by atoms with Crippen molar-refractivity contribution in [3.63, 3.8) is 0 Å². The van der Waals surface area contributed by atoms with Gasteiger partial charge in [0.05, 0.1) is 6.61 Å². The molecule has 1 aromatic rings. The third kappa shape index (κ3) is 1.82. The lowest BCUT2D eigenvalue weighted by atomic mass is 9.81. The molecule has 0 aliphatic carbocycles. The first-order valence-corrected chi connectivity index (χ1v) is 5.38. The molecule has 2 heterocycles. The molecule has 1 aromatic heterocycles. The number of aromatic carboxylic acids is 1. The van der Waals surface area contributed by atoms with Crippen LogP contribution in [0.3, 0.4) is 0 Å². The van der Waals surface area contributed by atoms with Gasteiger partial charge in [-0.25, -0.2) is 4.79 Å². The van der Waals surface area contributed by atoms with Crippen molar-refractivity contribution in [3.05, 3.63) is 17.5 Å². The summed E-state index contributed by atoms with van der Waals surface area (Å²) in [6, 6.07) is 1.65. The quantitative estimate of drug-likeness (QED) is 0.819. The second-order valence-electron chi connectivity index (χ2n) is 4.56. The standard InChI is InChI=1S/C11H16N2O3/c1-11(4-3-5-16-7-11)9-6-8(10(14)15)12-13(9)2/h6H,3-5,7H2,1-2H3,(H,14,15). The van der Waals surface area contributed by atoms with Crippen LogP contribution in [0.25, 0.3) is 0 Å². The molecule has 1 unspecified atom stereocenters. The molecule has 0 amide bonds. The fourth-order valence-electron chi connectivity index (χ4n) is 2.27. The van der Waals surface area contributed by atoms with Gasteiger partial charge in [-0.1, -0.05) is 6.92 Å². The van der Waals surface area contributed by atoms with Gasteiger partial charge in [-0.2, -0.15) is 5.10 Å². The predicted molar refractivity (Wildman–Crippen MR) is 57.6 cm³/mol. The summed E-state index contributed by atoms with van der Waals surface area (Å²) in [6.45, 7) is 3.51. The highest BCUT2D eigenvalue weighted by molar-refractivity contribution is 5.85. The smallest absolute Gasteiger partial charge is 0.356 e. The average molecular weight is 224 g/mol. The molecule has 0 aromatic carbocycles. The van der Waals surface area contributed by atoms with Crippen LogP contribution in [0, 0.1) is 0 Å². The van der Waals surface area contributed by atoms with Gasteiger partial charge >= 0.3 is 5.97 Å². The zero-order chi connectivity index (χ0) is 11.8. The fourth-order valence-corrected chi connectivity index (χ4v) is 2.27. The molecule has 1 saturated heterocycles. The van der Waals surface area contributed by atoms with Crippen LogP contribution >= 0.6 is 0 Å². The minimum atomic E-state index is -0.984. The first kappa shape index (κ1) is 11.1. The number of carbonyl (C=O) groups is 1. The molecular weight excluding hydrogens is 208 g/mol. The van der Waals surface area contributed by atoms with Crippen molar-refractivity contribution in [3.8, 4) is 0 Å². The second-order valence-corrected chi connectivity index (χ2v) is 4.56. The van der Waals surface area contributed by atoms with Crippen LogP contribution in [0.1, 0.15) is 35.9 Å². The van der Waals surface area contributed by atoms with Crippen molar-refractivity contribution in [1.82, 2.24) is 9.78 Å². The van der Waals surface area contributed by atoms with Crippen LogP contribution in [0.4, 0.5) is 0 Å². The number of ether oxygens (including phenoxy) is 1. The number of nitrogens with zero attached hydrogens (tertiary/aromatic N) is 2. The maximum absolute atomic E-state index is 10.8. The van der Waals surface area contributed by atoms with E-state index in [1.807, 2.05) is 0 Å². The van der Waals surface area contributed by atoms with E-state index < -0.39 is 5.97 Å². The summed E-state index contributed by atoms with van der Waals surface area (Å²) in [7, 11) is 1.78. The summed E-state index contributed by atoms with van der Waals surface area (Å²) in [5.74, 6) is -0.984. The van der Waals surface area contributed by atoms with Gasteiger partial charge in [0.25, 0.3) is 0 Å². The van der Waals surface area contributed by atoms with Crippen LogP contribution in [0.5, 0.6) is 0 Å². The molecule has 1 aliphatic rings. The minimum absolute atomic E-state index is 0.101. The molecule has 1 fully saturated rings. The van der Waals surface area contributed by atoms with Gasteiger partial charge in [-0.05, 0) is 18.9 Å². The van der Waals surface area contributed by atoms with E-state index in [0.717, 1.165) is 25.1 Å². The topological polar surface area (TPSA) is 64.4 Å². The van der Waals surface area contributed by atoms with E-state index in [1.54, 1.807) is 17.8 Å². The van der Waals surface area contributed by atoms with Gasteiger partial charge in [0, 0.05) is 24.8 Å². The summed E-state index contributed by atoms with van der Waals surface area (Å²) >= 11 is 0. The number of aryl methyl sites for hydroxylation is 1. The van der Waals surface area contributed by atoms with Crippen LogP contribution in [0.2, 0.25) is 0 Å². The predicted octanol–water partition coefficient (Wildman–Crippen LogP) is 1.19. The highest BCUT2D eigenvalue weighted by Crippen LogP contribution is 2.32. The Labute approximate surface area is 94.0 Å². The Morgan fingerprint density at radius 2 is 2.44 bits per heavy atom. The lowest BCUT2D eigenvalue weighted by molar-refractivity contribution is 0.0387. The van der Waals surface area contributed by atoms with Gasteiger partial charge in [-0.15, -0.1) is 0 Å². The van der Waals surface area contributed by atoms with Gasteiger partial charge in [0.15, 0.2) is 5.69 Å². The van der Waals surface area contributed by atoms with E-state index in [1.165, 1.54) is 0 Å². The maximum atomic E-state index is 10.8. The van der Waals surface area contributed by atoms with E-state index in [4.69, 9.17) is 9.84 Å². The van der Waals surface area contributed by atoms with Gasteiger partial charge in [0.1, 0.15) is 0 Å². The third-order valence-corrected chi connectivity index (χ3v) is 3.16. The summed E-state index contributed by atoms with van der Waals surface area (Å²) < 4.78 is 7.13. The summed E-state index contributed by atoms with van der Waals surface area (Å²) in [6.07, 6.45) is 2.01. The van der Waals surface area contributed by atoms with Gasteiger partial charge in [-0.3, -0.25) is 4.68 Å². The van der Waals surface area contributed by atoms with Crippen LogP contribution in [-0.2, 0) is 17.2 Å². The first-order valence-electron chi connectivity index (χ1n) is 5.38.